The van der Waals surface area contributed by atoms with E-state index in [1.165, 1.54) is 30.4 Å². The summed E-state index contributed by atoms with van der Waals surface area (Å²) < 4.78 is 0. The summed E-state index contributed by atoms with van der Waals surface area (Å²) in [6.07, 6.45) is 8.83. The monoisotopic (exact) mass is 272 g/mol. The average Bonchev–Trinajstić information content (AvgIpc) is 2.48. The number of rotatable bonds is 3. The SMILES string of the molecule is CCc1cccc(C)c1NC(=O)NC=C1CCCCC1. The Kier molecular flexibility index (Phi) is 5.22. The van der Waals surface area contributed by atoms with Crippen molar-refractivity contribution >= 4 is 11.7 Å². The fourth-order valence-corrected chi connectivity index (χ4v) is 2.67. The average molecular weight is 272 g/mol. The van der Waals surface area contributed by atoms with Crippen LogP contribution in [0.15, 0.2) is 30.0 Å². The summed E-state index contributed by atoms with van der Waals surface area (Å²) in [5, 5.41) is 5.84. The van der Waals surface area contributed by atoms with E-state index < -0.39 is 0 Å². The molecule has 0 saturated heterocycles. The number of nitrogens with one attached hydrogen (secondary N) is 2. The molecule has 0 bridgehead atoms. The summed E-state index contributed by atoms with van der Waals surface area (Å²) in [5.74, 6) is 0. The van der Waals surface area contributed by atoms with Gasteiger partial charge >= 0.3 is 6.03 Å². The molecule has 1 fully saturated rings. The summed E-state index contributed by atoms with van der Waals surface area (Å²) in [6, 6.07) is 5.96. The van der Waals surface area contributed by atoms with Crippen molar-refractivity contribution < 1.29 is 4.79 Å². The van der Waals surface area contributed by atoms with Crippen LogP contribution < -0.4 is 10.6 Å². The number of allylic oxidation sites excluding steroid dienone is 1. The minimum atomic E-state index is -0.146. The van der Waals surface area contributed by atoms with Crippen molar-refractivity contribution in [3.63, 3.8) is 0 Å². The van der Waals surface area contributed by atoms with E-state index in [-0.39, 0.29) is 6.03 Å². The zero-order chi connectivity index (χ0) is 14.4. The van der Waals surface area contributed by atoms with Crippen LogP contribution in [-0.2, 0) is 6.42 Å². The zero-order valence-electron chi connectivity index (χ0n) is 12.5. The number of para-hydroxylation sites is 1. The molecule has 20 heavy (non-hydrogen) atoms. The van der Waals surface area contributed by atoms with Crippen LogP contribution in [0.5, 0.6) is 0 Å². The van der Waals surface area contributed by atoms with Crippen LogP contribution in [0.2, 0.25) is 0 Å². The van der Waals surface area contributed by atoms with E-state index in [1.807, 2.05) is 25.3 Å². The Morgan fingerprint density at radius 2 is 2.00 bits per heavy atom. The van der Waals surface area contributed by atoms with E-state index in [0.717, 1.165) is 30.5 Å². The number of aryl methyl sites for hydroxylation is 2. The molecule has 1 saturated carbocycles. The Morgan fingerprint density at radius 3 is 2.70 bits per heavy atom. The highest BCUT2D eigenvalue weighted by atomic mass is 16.2. The predicted molar refractivity (Wildman–Crippen MR) is 83.9 cm³/mol. The first-order valence-corrected chi connectivity index (χ1v) is 7.54. The number of anilines is 1. The van der Waals surface area contributed by atoms with Crippen molar-refractivity contribution in [3.05, 3.63) is 41.1 Å². The van der Waals surface area contributed by atoms with E-state index in [4.69, 9.17) is 0 Å². The van der Waals surface area contributed by atoms with Crippen LogP contribution in [0.3, 0.4) is 0 Å². The van der Waals surface area contributed by atoms with Gasteiger partial charge in [-0.15, -0.1) is 0 Å². The van der Waals surface area contributed by atoms with Gasteiger partial charge in [0.25, 0.3) is 0 Å². The maximum atomic E-state index is 12.0. The Balaban J connectivity index is 1.97. The third kappa shape index (κ3) is 3.86. The van der Waals surface area contributed by atoms with Crippen molar-refractivity contribution in [1.29, 1.82) is 0 Å². The molecule has 2 N–H and O–H groups in total. The van der Waals surface area contributed by atoms with Gasteiger partial charge in [-0.1, -0.05) is 37.1 Å². The van der Waals surface area contributed by atoms with Gasteiger partial charge in [0.05, 0.1) is 0 Å². The first-order chi connectivity index (χ1) is 9.70. The molecule has 0 unspecified atom stereocenters. The van der Waals surface area contributed by atoms with Gasteiger partial charge in [-0.05, 0) is 50.2 Å². The normalized spacial score (nSPS) is 14.8. The molecule has 3 heteroatoms. The van der Waals surface area contributed by atoms with Gasteiger partial charge in [-0.25, -0.2) is 4.79 Å². The van der Waals surface area contributed by atoms with Crippen molar-refractivity contribution in [2.24, 2.45) is 0 Å². The summed E-state index contributed by atoms with van der Waals surface area (Å²) in [6.45, 7) is 4.12. The van der Waals surface area contributed by atoms with Gasteiger partial charge in [-0.3, -0.25) is 0 Å². The van der Waals surface area contributed by atoms with Crippen molar-refractivity contribution in [2.75, 3.05) is 5.32 Å². The standard InChI is InChI=1S/C17H24N2O/c1-3-15-11-7-8-13(2)16(15)19-17(20)18-12-14-9-5-4-6-10-14/h7-8,11-12H,3-6,9-10H2,1-2H3,(H2,18,19,20). The number of hydrogen-bond donors (Lipinski definition) is 2. The molecule has 0 heterocycles. The molecule has 0 aromatic heterocycles. The Labute approximate surface area is 121 Å². The molecule has 1 aliphatic rings. The molecule has 0 spiro atoms. The topological polar surface area (TPSA) is 41.1 Å². The highest BCUT2D eigenvalue weighted by Gasteiger charge is 2.09. The molecule has 0 aliphatic heterocycles. The molecule has 3 nitrogen and oxygen atoms in total. The van der Waals surface area contributed by atoms with Crippen LogP contribution in [0.25, 0.3) is 0 Å². The summed E-state index contributed by atoms with van der Waals surface area (Å²) in [7, 11) is 0. The van der Waals surface area contributed by atoms with Gasteiger partial charge in [-0.2, -0.15) is 0 Å². The molecule has 1 aliphatic carbocycles. The van der Waals surface area contributed by atoms with Crippen LogP contribution in [0.1, 0.15) is 50.2 Å². The molecule has 1 aromatic carbocycles. The lowest BCUT2D eigenvalue weighted by atomic mass is 9.96. The van der Waals surface area contributed by atoms with Gasteiger partial charge in [0, 0.05) is 11.9 Å². The number of benzene rings is 1. The minimum absolute atomic E-state index is 0.146. The zero-order valence-corrected chi connectivity index (χ0v) is 12.5. The van der Waals surface area contributed by atoms with Gasteiger partial charge in [0.2, 0.25) is 0 Å². The van der Waals surface area contributed by atoms with Crippen LogP contribution >= 0.6 is 0 Å². The molecule has 2 rings (SSSR count). The largest absolute Gasteiger partial charge is 0.323 e. The molecule has 108 valence electrons. The molecular formula is C17H24N2O. The van der Waals surface area contributed by atoms with Crippen LogP contribution in [-0.4, -0.2) is 6.03 Å². The fraction of sp³-hybridized carbons (Fsp3) is 0.471. The lowest BCUT2D eigenvalue weighted by molar-refractivity contribution is 0.255. The summed E-state index contributed by atoms with van der Waals surface area (Å²) >= 11 is 0. The van der Waals surface area contributed by atoms with Crippen molar-refractivity contribution in [2.45, 2.75) is 52.4 Å². The summed E-state index contributed by atoms with van der Waals surface area (Å²) in [5.41, 5.74) is 4.57. The molecule has 0 atom stereocenters. The number of amides is 2. The maximum Gasteiger partial charge on any atom is 0.323 e. The smallest absolute Gasteiger partial charge is 0.314 e. The number of carbonyl (C=O) groups excluding carboxylic acids is 1. The second-order valence-electron chi connectivity index (χ2n) is 5.42. The minimum Gasteiger partial charge on any atom is -0.314 e. The first kappa shape index (κ1) is 14.6. The maximum absolute atomic E-state index is 12.0. The predicted octanol–water partition coefficient (Wildman–Crippen LogP) is 4.53. The first-order valence-electron chi connectivity index (χ1n) is 7.54. The quantitative estimate of drug-likeness (QED) is 0.834. The Morgan fingerprint density at radius 1 is 1.25 bits per heavy atom. The third-order valence-corrected chi connectivity index (χ3v) is 3.88. The number of urea groups is 1. The summed E-state index contributed by atoms with van der Waals surface area (Å²) in [4.78, 5) is 12.0. The molecule has 1 aromatic rings. The Hall–Kier alpha value is -1.77. The highest BCUT2D eigenvalue weighted by Crippen LogP contribution is 2.22. The molecule has 2 amide bonds. The molecular weight excluding hydrogens is 248 g/mol. The number of hydrogen-bond acceptors (Lipinski definition) is 1. The van der Waals surface area contributed by atoms with E-state index in [0.29, 0.717) is 0 Å². The highest BCUT2D eigenvalue weighted by molar-refractivity contribution is 5.91. The van der Waals surface area contributed by atoms with Crippen LogP contribution in [0, 0.1) is 6.92 Å². The lowest BCUT2D eigenvalue weighted by Gasteiger charge is -2.15. The molecule has 0 radical (unpaired) electrons. The van der Waals surface area contributed by atoms with E-state index in [1.54, 1.807) is 0 Å². The number of carbonyl (C=O) groups is 1. The van der Waals surface area contributed by atoms with E-state index >= 15 is 0 Å². The van der Waals surface area contributed by atoms with E-state index in [9.17, 15) is 4.79 Å². The van der Waals surface area contributed by atoms with Gasteiger partial charge < -0.3 is 10.6 Å². The van der Waals surface area contributed by atoms with E-state index in [2.05, 4.69) is 23.6 Å². The fourth-order valence-electron chi connectivity index (χ4n) is 2.67. The second kappa shape index (κ2) is 7.13. The third-order valence-electron chi connectivity index (χ3n) is 3.88. The Bertz CT molecular complexity index is 498. The van der Waals surface area contributed by atoms with Gasteiger partial charge in [0.15, 0.2) is 0 Å². The van der Waals surface area contributed by atoms with Crippen LogP contribution in [0.4, 0.5) is 10.5 Å². The van der Waals surface area contributed by atoms with Crippen molar-refractivity contribution in [3.8, 4) is 0 Å². The second-order valence-corrected chi connectivity index (χ2v) is 5.42. The lowest BCUT2D eigenvalue weighted by Crippen LogP contribution is -2.25. The van der Waals surface area contributed by atoms with Gasteiger partial charge in [0.1, 0.15) is 0 Å². The van der Waals surface area contributed by atoms with Crippen molar-refractivity contribution in [1.82, 2.24) is 5.32 Å².